The molecule has 2 aromatic carbocycles. The molecule has 12 heteroatoms. The van der Waals surface area contributed by atoms with Crippen LogP contribution in [0, 0.1) is 16.0 Å². The standard InChI is InChI=1S/C20H15Cl2N3O7/c21-12-5-6-13(15(22)8-12)17(26)10-32-20(29)11-7-18(27)24(9-11)23-19(28)14-3-1-2-4-16(14)25(30)31/h1-6,8,11H,7,9-10H2,(H,23,28)/t11-/m1/s1. The Kier molecular flexibility index (Phi) is 7.06. The van der Waals surface area contributed by atoms with E-state index < -0.39 is 46.7 Å². The Morgan fingerprint density at radius 3 is 2.56 bits per heavy atom. The summed E-state index contributed by atoms with van der Waals surface area (Å²) in [6, 6.07) is 9.50. The molecule has 166 valence electrons. The summed E-state index contributed by atoms with van der Waals surface area (Å²) >= 11 is 11.7. The van der Waals surface area contributed by atoms with Gasteiger partial charge < -0.3 is 4.74 Å². The number of esters is 1. The van der Waals surface area contributed by atoms with Crippen LogP contribution in [0.25, 0.3) is 0 Å². The predicted molar refractivity (Wildman–Crippen MR) is 112 cm³/mol. The molecule has 32 heavy (non-hydrogen) atoms. The summed E-state index contributed by atoms with van der Waals surface area (Å²) in [6.07, 6.45) is -0.258. The summed E-state index contributed by atoms with van der Waals surface area (Å²) in [5, 5.41) is 12.4. The Labute approximate surface area is 191 Å². The number of hydrogen-bond donors (Lipinski definition) is 1. The monoisotopic (exact) mass is 479 g/mol. The lowest BCUT2D eigenvalue weighted by molar-refractivity contribution is -0.385. The molecule has 0 unspecified atom stereocenters. The SMILES string of the molecule is O=C(COC(=O)[C@@H]1CC(=O)N(NC(=O)c2ccccc2[N+](=O)[O-])C1)c1ccc(Cl)cc1Cl. The number of Topliss-reactive ketones (excluding diaryl/α,β-unsaturated/α-hetero) is 1. The van der Waals surface area contributed by atoms with Crippen molar-refractivity contribution in [3.05, 3.63) is 73.8 Å². The number of carbonyl (C=O) groups excluding carboxylic acids is 4. The molecule has 1 fully saturated rings. The summed E-state index contributed by atoms with van der Waals surface area (Å²) in [5.41, 5.74) is 1.74. The number of benzene rings is 2. The third kappa shape index (κ3) is 5.21. The van der Waals surface area contributed by atoms with E-state index in [-0.39, 0.29) is 29.1 Å². The number of para-hydroxylation sites is 1. The molecule has 0 aromatic heterocycles. The number of hydrazine groups is 1. The number of nitrogens with one attached hydrogen (secondary N) is 1. The van der Waals surface area contributed by atoms with Crippen LogP contribution in [-0.2, 0) is 14.3 Å². The molecule has 1 aliphatic rings. The topological polar surface area (TPSA) is 136 Å². The lowest BCUT2D eigenvalue weighted by Gasteiger charge is -2.17. The van der Waals surface area contributed by atoms with E-state index in [0.717, 1.165) is 11.1 Å². The molecule has 0 bridgehead atoms. The van der Waals surface area contributed by atoms with Crippen molar-refractivity contribution in [3.63, 3.8) is 0 Å². The molecule has 3 rings (SSSR count). The molecular formula is C20H15Cl2N3O7. The van der Waals surface area contributed by atoms with Gasteiger partial charge in [-0.2, -0.15) is 0 Å². The molecular weight excluding hydrogens is 465 g/mol. The van der Waals surface area contributed by atoms with Gasteiger partial charge in [0, 0.05) is 23.1 Å². The van der Waals surface area contributed by atoms with Crippen molar-refractivity contribution in [2.75, 3.05) is 13.2 Å². The van der Waals surface area contributed by atoms with Gasteiger partial charge in [0.05, 0.1) is 22.4 Å². The van der Waals surface area contributed by atoms with Gasteiger partial charge in [-0.05, 0) is 24.3 Å². The van der Waals surface area contributed by atoms with E-state index >= 15 is 0 Å². The molecule has 1 heterocycles. The average molecular weight is 480 g/mol. The maximum Gasteiger partial charge on any atom is 0.311 e. The second kappa shape index (κ2) is 9.75. The highest BCUT2D eigenvalue weighted by atomic mass is 35.5. The summed E-state index contributed by atoms with van der Waals surface area (Å²) in [7, 11) is 0. The van der Waals surface area contributed by atoms with E-state index in [9.17, 15) is 29.3 Å². The van der Waals surface area contributed by atoms with E-state index in [0.29, 0.717) is 5.02 Å². The summed E-state index contributed by atoms with van der Waals surface area (Å²) in [4.78, 5) is 59.4. The molecule has 0 spiro atoms. The van der Waals surface area contributed by atoms with Crippen molar-refractivity contribution in [1.29, 1.82) is 0 Å². The van der Waals surface area contributed by atoms with Crippen LogP contribution in [0.5, 0.6) is 0 Å². The summed E-state index contributed by atoms with van der Waals surface area (Å²) in [6.45, 7) is -0.798. The van der Waals surface area contributed by atoms with Gasteiger partial charge in [0.1, 0.15) is 5.56 Å². The second-order valence-corrected chi connectivity index (χ2v) is 7.62. The van der Waals surface area contributed by atoms with Crippen LogP contribution in [0.3, 0.4) is 0 Å². The van der Waals surface area contributed by atoms with Crippen LogP contribution in [0.2, 0.25) is 10.0 Å². The normalized spacial score (nSPS) is 15.4. The Balaban J connectivity index is 1.58. The number of amides is 2. The molecule has 0 saturated carbocycles. The third-order valence-electron chi connectivity index (χ3n) is 4.62. The molecule has 10 nitrogen and oxygen atoms in total. The lowest BCUT2D eigenvalue weighted by atomic mass is 10.1. The van der Waals surface area contributed by atoms with Gasteiger partial charge >= 0.3 is 5.97 Å². The van der Waals surface area contributed by atoms with Gasteiger partial charge in [0.2, 0.25) is 11.7 Å². The van der Waals surface area contributed by atoms with Crippen molar-refractivity contribution in [1.82, 2.24) is 10.4 Å². The Hall–Kier alpha value is -3.50. The predicted octanol–water partition coefficient (Wildman–Crippen LogP) is 2.82. The third-order valence-corrected chi connectivity index (χ3v) is 5.17. The number of ether oxygens (including phenoxy) is 1. The Bertz CT molecular complexity index is 1120. The number of rotatable bonds is 7. The number of halogens is 2. The van der Waals surface area contributed by atoms with Crippen molar-refractivity contribution in [3.8, 4) is 0 Å². The zero-order chi connectivity index (χ0) is 23.4. The van der Waals surface area contributed by atoms with Gasteiger partial charge in [-0.1, -0.05) is 35.3 Å². The molecule has 1 aliphatic heterocycles. The van der Waals surface area contributed by atoms with Gasteiger partial charge in [-0.25, -0.2) is 0 Å². The van der Waals surface area contributed by atoms with Gasteiger partial charge in [0.25, 0.3) is 11.6 Å². The molecule has 2 aromatic rings. The van der Waals surface area contributed by atoms with Crippen molar-refractivity contribution in [2.45, 2.75) is 6.42 Å². The average Bonchev–Trinajstić information content (AvgIpc) is 3.12. The minimum absolute atomic E-state index is 0.110. The minimum Gasteiger partial charge on any atom is -0.457 e. The fourth-order valence-electron chi connectivity index (χ4n) is 3.03. The van der Waals surface area contributed by atoms with E-state index in [1.165, 1.54) is 36.4 Å². The van der Waals surface area contributed by atoms with Crippen molar-refractivity contribution < 1.29 is 28.8 Å². The van der Waals surface area contributed by atoms with Crippen molar-refractivity contribution in [2.24, 2.45) is 5.92 Å². The fraction of sp³-hybridized carbons (Fsp3) is 0.200. The second-order valence-electron chi connectivity index (χ2n) is 6.78. The van der Waals surface area contributed by atoms with Crippen LogP contribution in [0.15, 0.2) is 42.5 Å². The smallest absolute Gasteiger partial charge is 0.311 e. The quantitative estimate of drug-likeness (QED) is 0.279. The molecule has 1 saturated heterocycles. The highest BCUT2D eigenvalue weighted by Gasteiger charge is 2.37. The first-order valence-electron chi connectivity index (χ1n) is 9.17. The van der Waals surface area contributed by atoms with Gasteiger partial charge in [-0.15, -0.1) is 0 Å². The molecule has 0 radical (unpaired) electrons. The number of hydrogen-bond acceptors (Lipinski definition) is 7. The molecule has 2 amide bonds. The number of ketones is 1. The molecule has 1 atom stereocenters. The number of nitro groups is 1. The van der Waals surface area contributed by atoms with Crippen LogP contribution in [0.4, 0.5) is 5.69 Å². The highest BCUT2D eigenvalue weighted by molar-refractivity contribution is 6.36. The number of carbonyl (C=O) groups is 4. The van der Waals surface area contributed by atoms with Crippen LogP contribution in [-0.4, -0.2) is 46.7 Å². The molecule has 1 N–H and O–H groups in total. The lowest BCUT2D eigenvalue weighted by Crippen LogP contribution is -2.43. The summed E-state index contributed by atoms with van der Waals surface area (Å²) in [5.74, 6) is -3.73. The first kappa shape index (κ1) is 23.2. The van der Waals surface area contributed by atoms with E-state index in [4.69, 9.17) is 27.9 Å². The van der Waals surface area contributed by atoms with Crippen LogP contribution < -0.4 is 5.43 Å². The van der Waals surface area contributed by atoms with E-state index in [1.807, 2.05) is 0 Å². The fourth-order valence-corrected chi connectivity index (χ4v) is 3.54. The first-order chi connectivity index (χ1) is 15.2. The number of nitrogens with zero attached hydrogens (tertiary/aromatic N) is 2. The number of nitro benzene ring substituents is 1. The van der Waals surface area contributed by atoms with E-state index in [2.05, 4.69) is 5.43 Å². The van der Waals surface area contributed by atoms with Crippen LogP contribution >= 0.6 is 23.2 Å². The maximum atomic E-state index is 12.4. The van der Waals surface area contributed by atoms with Crippen molar-refractivity contribution >= 4 is 52.5 Å². The van der Waals surface area contributed by atoms with Gasteiger partial charge in [-0.3, -0.25) is 39.7 Å². The maximum absolute atomic E-state index is 12.4. The Morgan fingerprint density at radius 1 is 1.16 bits per heavy atom. The summed E-state index contributed by atoms with van der Waals surface area (Å²) < 4.78 is 5.00. The van der Waals surface area contributed by atoms with E-state index in [1.54, 1.807) is 0 Å². The first-order valence-corrected chi connectivity index (χ1v) is 9.92. The largest absolute Gasteiger partial charge is 0.457 e. The van der Waals surface area contributed by atoms with Crippen LogP contribution in [0.1, 0.15) is 27.1 Å². The highest BCUT2D eigenvalue weighted by Crippen LogP contribution is 2.23. The Morgan fingerprint density at radius 2 is 1.88 bits per heavy atom. The zero-order valence-corrected chi connectivity index (χ0v) is 17.8. The zero-order valence-electron chi connectivity index (χ0n) is 16.2. The minimum atomic E-state index is -0.929. The molecule has 0 aliphatic carbocycles. The van der Waals surface area contributed by atoms with Gasteiger partial charge in [0.15, 0.2) is 6.61 Å².